The second kappa shape index (κ2) is 8.91. The second-order valence-electron chi connectivity index (χ2n) is 9.15. The van der Waals surface area contributed by atoms with Crippen molar-refractivity contribution in [3.8, 4) is 11.3 Å². The Morgan fingerprint density at radius 2 is 1.84 bits per heavy atom. The van der Waals surface area contributed by atoms with Crippen LogP contribution in [0.3, 0.4) is 0 Å². The van der Waals surface area contributed by atoms with E-state index in [0.29, 0.717) is 46.4 Å². The molecule has 2 atom stereocenters. The molecule has 1 aromatic heterocycles. The van der Waals surface area contributed by atoms with Crippen LogP contribution in [0.25, 0.3) is 22.3 Å². The molecule has 1 N–H and O–H groups in total. The molecule has 2 aliphatic rings. The third-order valence-corrected chi connectivity index (χ3v) is 7.18. The fourth-order valence-corrected chi connectivity index (χ4v) is 5.49. The molecule has 0 spiro atoms. The van der Waals surface area contributed by atoms with Gasteiger partial charge >= 0.3 is 0 Å². The first-order valence-corrected chi connectivity index (χ1v) is 11.8. The first kappa shape index (κ1) is 21.0. The van der Waals surface area contributed by atoms with Gasteiger partial charge in [-0.25, -0.2) is 0 Å². The number of rotatable bonds is 4. The minimum absolute atomic E-state index is 0.0927. The zero-order chi connectivity index (χ0) is 22.1. The van der Waals surface area contributed by atoms with E-state index in [4.69, 9.17) is 4.42 Å². The van der Waals surface area contributed by atoms with Crippen LogP contribution in [0.4, 0.5) is 0 Å². The number of carbonyl (C=O) groups is 1. The minimum Gasteiger partial charge on any atom is -0.455 e. The molecular formula is C27H30N2O3. The van der Waals surface area contributed by atoms with Crippen LogP contribution in [0.5, 0.6) is 0 Å². The lowest BCUT2D eigenvalue weighted by atomic mass is 9.83. The van der Waals surface area contributed by atoms with Gasteiger partial charge in [0.25, 0.3) is 5.91 Å². The van der Waals surface area contributed by atoms with Gasteiger partial charge in [0.15, 0.2) is 11.0 Å². The lowest BCUT2D eigenvalue weighted by molar-refractivity contribution is 0.0576. The molecule has 5 rings (SSSR count). The van der Waals surface area contributed by atoms with Gasteiger partial charge in [-0.05, 0) is 63.7 Å². The number of nitrogens with one attached hydrogen (secondary N) is 1. The van der Waals surface area contributed by atoms with Crippen molar-refractivity contribution >= 4 is 16.9 Å². The highest BCUT2D eigenvalue weighted by Gasteiger charge is 2.33. The van der Waals surface area contributed by atoms with Gasteiger partial charge in [0.1, 0.15) is 5.76 Å². The standard InChI is InChI=1S/C27H30N2O3/c1-18-24(30)21-12-7-13-22(26(21)32-25(18)19-9-3-2-4-10-19)27(31)28-17-20-11-8-16-29-15-6-5-14-23(20)29/h2-4,7,9-10,12-13,20,23H,5-6,8,11,14-17H2,1H3,(H,28,31)/t20-,23+/m1/s1. The quantitative estimate of drug-likeness (QED) is 0.648. The maximum atomic E-state index is 13.2. The van der Waals surface area contributed by atoms with Gasteiger partial charge in [0, 0.05) is 23.7 Å². The first-order chi connectivity index (χ1) is 15.6. The second-order valence-corrected chi connectivity index (χ2v) is 9.15. The highest BCUT2D eigenvalue weighted by atomic mass is 16.3. The number of benzene rings is 2. The summed E-state index contributed by atoms with van der Waals surface area (Å²) in [5.74, 6) is 0.833. The number of hydrogen-bond donors (Lipinski definition) is 1. The number of fused-ring (bicyclic) bond motifs is 2. The van der Waals surface area contributed by atoms with Crippen LogP contribution in [-0.2, 0) is 0 Å². The number of hydrogen-bond acceptors (Lipinski definition) is 4. The van der Waals surface area contributed by atoms with Crippen LogP contribution >= 0.6 is 0 Å². The summed E-state index contributed by atoms with van der Waals surface area (Å²) in [6.45, 7) is 4.81. The largest absolute Gasteiger partial charge is 0.455 e. The summed E-state index contributed by atoms with van der Waals surface area (Å²) in [6.07, 6.45) is 6.14. The number of para-hydroxylation sites is 1. The number of carbonyl (C=O) groups excluding carboxylic acids is 1. The van der Waals surface area contributed by atoms with Crippen LogP contribution in [0, 0.1) is 12.8 Å². The van der Waals surface area contributed by atoms with Crippen LogP contribution in [0.15, 0.2) is 57.7 Å². The van der Waals surface area contributed by atoms with Crippen molar-refractivity contribution in [2.75, 3.05) is 19.6 Å². The highest BCUT2D eigenvalue weighted by Crippen LogP contribution is 2.31. The Bertz CT molecular complexity index is 1180. The van der Waals surface area contributed by atoms with E-state index < -0.39 is 0 Å². The molecular weight excluding hydrogens is 400 g/mol. The smallest absolute Gasteiger partial charge is 0.255 e. The van der Waals surface area contributed by atoms with E-state index in [1.807, 2.05) is 30.3 Å². The molecule has 0 unspecified atom stereocenters. The van der Waals surface area contributed by atoms with E-state index in [1.165, 1.54) is 38.8 Å². The molecule has 5 heteroatoms. The Labute approximate surface area is 188 Å². The lowest BCUT2D eigenvalue weighted by Crippen LogP contribution is -2.51. The number of nitrogens with zero attached hydrogens (tertiary/aromatic N) is 1. The molecule has 0 radical (unpaired) electrons. The molecule has 0 aliphatic carbocycles. The number of amides is 1. The van der Waals surface area contributed by atoms with Crippen LogP contribution in [0.2, 0.25) is 0 Å². The van der Waals surface area contributed by atoms with Gasteiger partial charge in [0.2, 0.25) is 0 Å². The van der Waals surface area contributed by atoms with Crippen molar-refractivity contribution in [1.29, 1.82) is 0 Å². The SMILES string of the molecule is Cc1c(-c2ccccc2)oc2c(C(=O)NC[C@H]3CCCN4CCCC[C@@H]34)cccc2c1=O. The van der Waals surface area contributed by atoms with Crippen LogP contribution in [0.1, 0.15) is 48.0 Å². The Kier molecular flexibility index (Phi) is 5.83. The Hall–Kier alpha value is -2.92. The summed E-state index contributed by atoms with van der Waals surface area (Å²) >= 11 is 0. The zero-order valence-electron chi connectivity index (χ0n) is 18.6. The third kappa shape index (κ3) is 3.86. The summed E-state index contributed by atoms with van der Waals surface area (Å²) in [7, 11) is 0. The average Bonchev–Trinajstić information content (AvgIpc) is 2.85. The molecule has 2 aliphatic heterocycles. The Morgan fingerprint density at radius 3 is 2.69 bits per heavy atom. The van der Waals surface area contributed by atoms with E-state index in [2.05, 4.69) is 10.2 Å². The molecule has 32 heavy (non-hydrogen) atoms. The molecule has 3 heterocycles. The molecule has 2 aromatic carbocycles. The van der Waals surface area contributed by atoms with Gasteiger partial charge < -0.3 is 14.6 Å². The van der Waals surface area contributed by atoms with Crippen LogP contribution in [-0.4, -0.2) is 36.5 Å². The fraction of sp³-hybridized carbons (Fsp3) is 0.407. The summed E-state index contributed by atoms with van der Waals surface area (Å²) in [5.41, 5.74) is 2.08. The van der Waals surface area contributed by atoms with Gasteiger partial charge in [0.05, 0.1) is 10.9 Å². The summed E-state index contributed by atoms with van der Waals surface area (Å²) < 4.78 is 6.22. The molecule has 2 fully saturated rings. The van der Waals surface area contributed by atoms with Crippen molar-refractivity contribution in [3.63, 3.8) is 0 Å². The molecule has 3 aromatic rings. The molecule has 166 valence electrons. The van der Waals surface area contributed by atoms with E-state index in [0.717, 1.165) is 12.0 Å². The monoisotopic (exact) mass is 430 g/mol. The lowest BCUT2D eigenvalue weighted by Gasteiger charge is -2.44. The van der Waals surface area contributed by atoms with Gasteiger partial charge in [-0.2, -0.15) is 0 Å². The number of piperidine rings is 2. The van der Waals surface area contributed by atoms with Crippen molar-refractivity contribution < 1.29 is 9.21 Å². The predicted octanol–water partition coefficient (Wildman–Crippen LogP) is 4.76. The van der Waals surface area contributed by atoms with Crippen molar-refractivity contribution in [2.24, 2.45) is 5.92 Å². The van der Waals surface area contributed by atoms with E-state index in [9.17, 15) is 9.59 Å². The van der Waals surface area contributed by atoms with E-state index in [-0.39, 0.29) is 11.3 Å². The van der Waals surface area contributed by atoms with E-state index >= 15 is 0 Å². The molecule has 1 amide bonds. The van der Waals surface area contributed by atoms with E-state index in [1.54, 1.807) is 25.1 Å². The molecule has 0 bridgehead atoms. The molecule has 2 saturated heterocycles. The summed E-state index contributed by atoms with van der Waals surface area (Å²) in [4.78, 5) is 28.9. The van der Waals surface area contributed by atoms with Gasteiger partial charge in [-0.1, -0.05) is 42.8 Å². The van der Waals surface area contributed by atoms with Crippen LogP contribution < -0.4 is 10.7 Å². The maximum absolute atomic E-state index is 13.2. The molecule has 5 nitrogen and oxygen atoms in total. The Balaban J connectivity index is 1.44. The first-order valence-electron chi connectivity index (χ1n) is 11.8. The third-order valence-electron chi connectivity index (χ3n) is 7.18. The predicted molar refractivity (Wildman–Crippen MR) is 127 cm³/mol. The Morgan fingerprint density at radius 1 is 1.03 bits per heavy atom. The van der Waals surface area contributed by atoms with Gasteiger partial charge in [-0.3, -0.25) is 9.59 Å². The maximum Gasteiger partial charge on any atom is 0.255 e. The van der Waals surface area contributed by atoms with Crippen molar-refractivity contribution in [2.45, 2.75) is 45.1 Å². The normalized spacial score (nSPS) is 21.3. The van der Waals surface area contributed by atoms with Crippen molar-refractivity contribution in [1.82, 2.24) is 10.2 Å². The fourth-order valence-electron chi connectivity index (χ4n) is 5.49. The minimum atomic E-state index is -0.172. The zero-order valence-corrected chi connectivity index (χ0v) is 18.6. The van der Waals surface area contributed by atoms with Crippen molar-refractivity contribution in [3.05, 3.63) is 69.9 Å². The topological polar surface area (TPSA) is 62.6 Å². The van der Waals surface area contributed by atoms with Gasteiger partial charge in [-0.15, -0.1) is 0 Å². The summed E-state index contributed by atoms with van der Waals surface area (Å²) in [6, 6.07) is 15.4. The molecule has 0 saturated carbocycles. The average molecular weight is 431 g/mol. The summed E-state index contributed by atoms with van der Waals surface area (Å²) in [5, 5.41) is 3.61. The highest BCUT2D eigenvalue weighted by molar-refractivity contribution is 6.05.